The van der Waals surface area contributed by atoms with Crippen molar-refractivity contribution in [1.29, 1.82) is 5.26 Å². The predicted octanol–water partition coefficient (Wildman–Crippen LogP) is 1.95. The summed E-state index contributed by atoms with van der Waals surface area (Å²) in [6.07, 6.45) is 10.4. The number of hydrogen-bond acceptors (Lipinski definition) is 1. The van der Waals surface area contributed by atoms with Crippen LogP contribution in [0.3, 0.4) is 0 Å². The minimum atomic E-state index is 0.750. The lowest BCUT2D eigenvalue weighted by Gasteiger charge is -1.79. The molecule has 0 aromatic carbocycles. The third-order valence-corrected chi connectivity index (χ3v) is 1.13. The van der Waals surface area contributed by atoms with E-state index in [0.717, 1.165) is 12.0 Å². The smallest absolute Gasteiger partial charge is 0.0988 e. The fraction of sp³-hybridized carbons (Fsp3) is 0.125. The van der Waals surface area contributed by atoms with Crippen molar-refractivity contribution in [1.82, 2.24) is 0 Å². The van der Waals surface area contributed by atoms with Crippen LogP contribution < -0.4 is 0 Å². The predicted molar refractivity (Wildman–Crippen MR) is 36.6 cm³/mol. The Hall–Kier alpha value is -1.29. The Morgan fingerprint density at radius 1 is 1.44 bits per heavy atom. The van der Waals surface area contributed by atoms with Gasteiger partial charge in [0.2, 0.25) is 0 Å². The SMILES string of the molecule is N#CC1=CCC=CC=C1. The number of nitrogens with zero attached hydrogens (tertiary/aromatic N) is 1. The van der Waals surface area contributed by atoms with E-state index in [9.17, 15) is 0 Å². The summed E-state index contributed by atoms with van der Waals surface area (Å²) in [4.78, 5) is 0. The molecule has 0 heterocycles. The first kappa shape index (κ1) is 5.84. The minimum absolute atomic E-state index is 0.750. The molecule has 0 aromatic rings. The van der Waals surface area contributed by atoms with E-state index in [4.69, 9.17) is 5.26 Å². The molecule has 1 aliphatic carbocycles. The van der Waals surface area contributed by atoms with Crippen LogP contribution in [0.15, 0.2) is 36.0 Å². The molecule has 1 rings (SSSR count). The fourth-order valence-corrected chi connectivity index (χ4v) is 0.662. The molecule has 0 unspecified atom stereocenters. The lowest BCUT2D eigenvalue weighted by atomic mass is 10.2. The molecule has 1 aliphatic rings. The second-order valence-corrected chi connectivity index (χ2v) is 1.79. The van der Waals surface area contributed by atoms with Crippen LogP contribution in [0.4, 0.5) is 0 Å². The molecule has 0 radical (unpaired) electrons. The van der Waals surface area contributed by atoms with Crippen molar-refractivity contribution in [3.8, 4) is 6.07 Å². The summed E-state index contributed by atoms with van der Waals surface area (Å²) < 4.78 is 0. The van der Waals surface area contributed by atoms with Crippen LogP contribution in [0.25, 0.3) is 0 Å². The van der Waals surface area contributed by atoms with Crippen LogP contribution in [0.5, 0.6) is 0 Å². The fourth-order valence-electron chi connectivity index (χ4n) is 0.662. The van der Waals surface area contributed by atoms with Gasteiger partial charge in [0.15, 0.2) is 0 Å². The van der Waals surface area contributed by atoms with Gasteiger partial charge >= 0.3 is 0 Å². The van der Waals surface area contributed by atoms with Gasteiger partial charge in [0, 0.05) is 5.57 Å². The summed E-state index contributed by atoms with van der Waals surface area (Å²) in [5.41, 5.74) is 0.750. The first-order valence-electron chi connectivity index (χ1n) is 2.87. The van der Waals surface area contributed by atoms with E-state index in [1.165, 1.54) is 0 Å². The monoisotopic (exact) mass is 117 g/mol. The van der Waals surface area contributed by atoms with Gasteiger partial charge in [-0.15, -0.1) is 0 Å². The van der Waals surface area contributed by atoms with Gasteiger partial charge in [0.1, 0.15) is 0 Å². The Morgan fingerprint density at radius 2 is 2.33 bits per heavy atom. The summed E-state index contributed by atoms with van der Waals surface area (Å²) in [5, 5.41) is 8.42. The summed E-state index contributed by atoms with van der Waals surface area (Å²) in [6.45, 7) is 0. The molecular weight excluding hydrogens is 110 g/mol. The molecule has 0 amide bonds. The Labute approximate surface area is 54.6 Å². The van der Waals surface area contributed by atoms with E-state index in [1.54, 1.807) is 0 Å². The van der Waals surface area contributed by atoms with Crippen LogP contribution in [-0.4, -0.2) is 0 Å². The van der Waals surface area contributed by atoms with E-state index in [1.807, 2.05) is 30.4 Å². The molecule has 0 atom stereocenters. The Bertz CT molecular complexity index is 213. The summed E-state index contributed by atoms with van der Waals surface area (Å²) in [7, 11) is 0. The maximum atomic E-state index is 8.42. The Kier molecular flexibility index (Phi) is 1.87. The van der Waals surface area contributed by atoms with Gasteiger partial charge in [-0.25, -0.2) is 0 Å². The van der Waals surface area contributed by atoms with Gasteiger partial charge in [-0.05, 0) is 12.5 Å². The van der Waals surface area contributed by atoms with Crippen molar-refractivity contribution in [2.75, 3.05) is 0 Å². The molecule has 1 heteroatoms. The van der Waals surface area contributed by atoms with E-state index >= 15 is 0 Å². The van der Waals surface area contributed by atoms with Crippen LogP contribution in [0.1, 0.15) is 6.42 Å². The maximum absolute atomic E-state index is 8.42. The molecule has 0 aromatic heterocycles. The Morgan fingerprint density at radius 3 is 3.11 bits per heavy atom. The van der Waals surface area contributed by atoms with Gasteiger partial charge in [-0.2, -0.15) is 5.26 Å². The zero-order chi connectivity index (χ0) is 6.53. The molecule has 1 nitrogen and oxygen atoms in total. The van der Waals surface area contributed by atoms with Crippen molar-refractivity contribution in [2.45, 2.75) is 6.42 Å². The normalized spacial score (nSPS) is 16.1. The number of rotatable bonds is 0. The molecule has 0 saturated heterocycles. The van der Waals surface area contributed by atoms with Gasteiger partial charge < -0.3 is 0 Å². The van der Waals surface area contributed by atoms with Crippen LogP contribution in [-0.2, 0) is 0 Å². The van der Waals surface area contributed by atoms with Gasteiger partial charge in [-0.3, -0.25) is 0 Å². The summed E-state index contributed by atoms with van der Waals surface area (Å²) in [6, 6.07) is 2.08. The highest BCUT2D eigenvalue weighted by Crippen LogP contribution is 2.02. The second-order valence-electron chi connectivity index (χ2n) is 1.79. The van der Waals surface area contributed by atoms with Crippen molar-refractivity contribution in [2.24, 2.45) is 0 Å². The van der Waals surface area contributed by atoms with Gasteiger partial charge in [0.25, 0.3) is 0 Å². The molecule has 0 bridgehead atoms. The molecule has 0 saturated carbocycles. The lowest BCUT2D eigenvalue weighted by Crippen LogP contribution is -1.66. The van der Waals surface area contributed by atoms with Crippen molar-refractivity contribution in [3.05, 3.63) is 36.0 Å². The molecule has 44 valence electrons. The highest BCUT2D eigenvalue weighted by Gasteiger charge is 1.87. The van der Waals surface area contributed by atoms with Crippen molar-refractivity contribution >= 4 is 0 Å². The third kappa shape index (κ3) is 1.58. The van der Waals surface area contributed by atoms with Gasteiger partial charge in [0.05, 0.1) is 6.07 Å². The number of nitriles is 1. The largest absolute Gasteiger partial charge is 0.192 e. The maximum Gasteiger partial charge on any atom is 0.0988 e. The minimum Gasteiger partial charge on any atom is -0.192 e. The van der Waals surface area contributed by atoms with Crippen LogP contribution in [0.2, 0.25) is 0 Å². The average Bonchev–Trinajstić information content (AvgIpc) is 2.13. The van der Waals surface area contributed by atoms with Crippen LogP contribution in [0, 0.1) is 11.3 Å². The standard InChI is InChI=1S/C8H7N/c9-7-8-5-3-1-2-4-6-8/h1-3,5-6H,4H2. The highest BCUT2D eigenvalue weighted by molar-refractivity contribution is 5.36. The number of hydrogen-bond donors (Lipinski definition) is 0. The zero-order valence-electron chi connectivity index (χ0n) is 5.04. The zero-order valence-corrected chi connectivity index (χ0v) is 5.04. The quantitative estimate of drug-likeness (QED) is 0.475. The summed E-state index contributed by atoms with van der Waals surface area (Å²) >= 11 is 0. The molecule has 9 heavy (non-hydrogen) atoms. The molecule has 0 fully saturated rings. The van der Waals surface area contributed by atoms with E-state index < -0.39 is 0 Å². The lowest BCUT2D eigenvalue weighted by molar-refractivity contribution is 1.37. The molecule has 0 N–H and O–H groups in total. The van der Waals surface area contributed by atoms with E-state index in [2.05, 4.69) is 6.07 Å². The van der Waals surface area contributed by atoms with E-state index in [0.29, 0.717) is 0 Å². The topological polar surface area (TPSA) is 23.8 Å². The van der Waals surface area contributed by atoms with Crippen molar-refractivity contribution < 1.29 is 0 Å². The average molecular weight is 117 g/mol. The highest BCUT2D eigenvalue weighted by atomic mass is 14.2. The first-order valence-corrected chi connectivity index (χ1v) is 2.87. The third-order valence-electron chi connectivity index (χ3n) is 1.13. The molecule has 0 spiro atoms. The van der Waals surface area contributed by atoms with Gasteiger partial charge in [-0.1, -0.05) is 24.3 Å². The van der Waals surface area contributed by atoms with Crippen molar-refractivity contribution in [3.63, 3.8) is 0 Å². The van der Waals surface area contributed by atoms with Crippen LogP contribution >= 0.6 is 0 Å². The first-order chi connectivity index (χ1) is 4.43. The molecule has 0 aliphatic heterocycles. The van der Waals surface area contributed by atoms with E-state index in [-0.39, 0.29) is 0 Å². The second kappa shape index (κ2) is 2.88. The Balaban J connectivity index is 2.78. The number of allylic oxidation sites excluding steroid dienone is 6. The summed E-state index contributed by atoms with van der Waals surface area (Å²) in [5.74, 6) is 0. The molecular formula is C8H7N.